The Bertz CT molecular complexity index is 751. The van der Waals surface area contributed by atoms with Gasteiger partial charge in [-0.05, 0) is 49.9 Å². The number of aryl methyl sites for hydroxylation is 2. The molecule has 0 radical (unpaired) electrons. The molecule has 2 amide bonds. The summed E-state index contributed by atoms with van der Waals surface area (Å²) in [7, 11) is 0. The van der Waals surface area contributed by atoms with Crippen molar-refractivity contribution in [2.24, 2.45) is 0 Å². The van der Waals surface area contributed by atoms with Gasteiger partial charge in [-0.1, -0.05) is 17.7 Å². The largest absolute Gasteiger partial charge is 0.458 e. The summed E-state index contributed by atoms with van der Waals surface area (Å²) in [5.41, 5.74) is 3.15. The van der Waals surface area contributed by atoms with Crippen LogP contribution in [0.1, 0.15) is 24.0 Å². The molecule has 1 N–H and O–H groups in total. The number of carbonyl (C=O) groups is 1. The first kappa shape index (κ1) is 17.5. The van der Waals surface area contributed by atoms with Gasteiger partial charge in [0.1, 0.15) is 6.10 Å². The Morgan fingerprint density at radius 3 is 2.76 bits per heavy atom. The predicted octanol–water partition coefficient (Wildman–Crippen LogP) is 3.82. The number of amides is 2. The first-order valence-corrected chi connectivity index (χ1v) is 8.66. The maximum atomic E-state index is 12.5. The van der Waals surface area contributed by atoms with Crippen LogP contribution in [0.15, 0.2) is 30.6 Å². The third-order valence-electron chi connectivity index (χ3n) is 4.29. The van der Waals surface area contributed by atoms with Gasteiger partial charge in [-0.3, -0.25) is 0 Å². The highest BCUT2D eigenvalue weighted by molar-refractivity contribution is 6.30. The summed E-state index contributed by atoms with van der Waals surface area (Å²) < 4.78 is 5.77. The minimum absolute atomic E-state index is 0.117. The van der Waals surface area contributed by atoms with Crippen molar-refractivity contribution in [1.82, 2.24) is 14.9 Å². The molecule has 1 fully saturated rings. The zero-order valence-corrected chi connectivity index (χ0v) is 15.1. The molecule has 2 heterocycles. The van der Waals surface area contributed by atoms with Gasteiger partial charge < -0.3 is 15.0 Å². The van der Waals surface area contributed by atoms with E-state index in [2.05, 4.69) is 15.3 Å². The summed E-state index contributed by atoms with van der Waals surface area (Å²) in [5.74, 6) is 0. The first-order valence-electron chi connectivity index (χ1n) is 8.28. The van der Waals surface area contributed by atoms with E-state index in [1.54, 1.807) is 4.90 Å². The highest BCUT2D eigenvalue weighted by Gasteiger charge is 2.25. The van der Waals surface area contributed by atoms with Crippen LogP contribution in [0, 0.1) is 13.8 Å². The monoisotopic (exact) mass is 360 g/mol. The second-order valence-electron chi connectivity index (χ2n) is 6.24. The summed E-state index contributed by atoms with van der Waals surface area (Å²) in [4.78, 5) is 22.4. The summed E-state index contributed by atoms with van der Waals surface area (Å²) in [5, 5.41) is 3.42. The molecule has 0 bridgehead atoms. The van der Waals surface area contributed by atoms with Crippen LogP contribution in [0.4, 0.5) is 10.5 Å². The van der Waals surface area contributed by atoms with Crippen molar-refractivity contribution in [2.45, 2.75) is 32.8 Å². The molecule has 1 aliphatic rings. The summed E-state index contributed by atoms with van der Waals surface area (Å²) in [6.45, 7) is 5.29. The van der Waals surface area contributed by atoms with Crippen LogP contribution in [0.25, 0.3) is 0 Å². The molecule has 3 rings (SSSR count). The summed E-state index contributed by atoms with van der Waals surface area (Å²) >= 11 is 5.78. The predicted molar refractivity (Wildman–Crippen MR) is 97.2 cm³/mol. The second-order valence-corrected chi connectivity index (χ2v) is 6.68. The van der Waals surface area contributed by atoms with E-state index in [4.69, 9.17) is 16.3 Å². The molecule has 1 aromatic carbocycles. The molecule has 6 nitrogen and oxygen atoms in total. The number of likely N-dealkylation sites (tertiary alicyclic amines) is 1. The van der Waals surface area contributed by atoms with E-state index in [9.17, 15) is 4.79 Å². The van der Waals surface area contributed by atoms with Crippen LogP contribution in [-0.2, 0) is 0 Å². The average Bonchev–Trinajstić information content (AvgIpc) is 2.60. The molecule has 2 aromatic rings. The van der Waals surface area contributed by atoms with E-state index in [0.717, 1.165) is 24.1 Å². The van der Waals surface area contributed by atoms with Crippen molar-refractivity contribution in [1.29, 1.82) is 0 Å². The number of urea groups is 1. The highest BCUT2D eigenvalue weighted by atomic mass is 35.5. The van der Waals surface area contributed by atoms with Gasteiger partial charge in [-0.25, -0.2) is 14.8 Å². The Morgan fingerprint density at radius 1 is 1.28 bits per heavy atom. The number of nitrogens with zero attached hydrogens (tertiary/aromatic N) is 3. The van der Waals surface area contributed by atoms with Crippen LogP contribution < -0.4 is 10.1 Å². The van der Waals surface area contributed by atoms with Crippen molar-refractivity contribution in [3.8, 4) is 6.01 Å². The number of halogens is 1. The lowest BCUT2D eigenvalue weighted by Crippen LogP contribution is -2.46. The van der Waals surface area contributed by atoms with Gasteiger partial charge in [0.2, 0.25) is 0 Å². The molecular weight excluding hydrogens is 340 g/mol. The van der Waals surface area contributed by atoms with Gasteiger partial charge in [0, 0.05) is 12.2 Å². The smallest absolute Gasteiger partial charge is 0.321 e. The number of rotatable bonds is 3. The molecule has 1 saturated heterocycles. The lowest BCUT2D eigenvalue weighted by Gasteiger charge is -2.32. The maximum Gasteiger partial charge on any atom is 0.321 e. The number of benzene rings is 1. The van der Waals surface area contributed by atoms with Crippen molar-refractivity contribution < 1.29 is 9.53 Å². The summed E-state index contributed by atoms with van der Waals surface area (Å²) in [6, 6.07) is 6.07. The molecular formula is C18H21ClN4O2. The van der Waals surface area contributed by atoms with Crippen molar-refractivity contribution in [2.75, 3.05) is 18.4 Å². The molecule has 1 aliphatic heterocycles. The van der Waals surface area contributed by atoms with E-state index < -0.39 is 0 Å². The molecule has 0 saturated carbocycles. The number of ether oxygens (including phenoxy) is 1. The molecule has 132 valence electrons. The lowest BCUT2D eigenvalue weighted by atomic mass is 10.1. The van der Waals surface area contributed by atoms with Crippen molar-refractivity contribution >= 4 is 23.3 Å². The quantitative estimate of drug-likeness (QED) is 0.903. The zero-order valence-electron chi connectivity index (χ0n) is 14.3. The van der Waals surface area contributed by atoms with Gasteiger partial charge in [-0.2, -0.15) is 0 Å². The standard InChI is InChI=1S/C18H21ClN4O2/c1-12-5-6-15(8-13(12)2)22-18(24)23-7-3-4-16(11-23)25-17-20-9-14(19)10-21-17/h5-6,8-10,16H,3-4,7,11H2,1-2H3,(H,22,24). The molecule has 0 spiro atoms. The Labute approximate surface area is 152 Å². The number of nitrogens with one attached hydrogen (secondary N) is 1. The van der Waals surface area contributed by atoms with Crippen LogP contribution in [0.2, 0.25) is 5.02 Å². The number of carbonyl (C=O) groups excluding carboxylic acids is 1. The second kappa shape index (κ2) is 7.70. The molecule has 1 aromatic heterocycles. The Balaban J connectivity index is 1.59. The average molecular weight is 361 g/mol. The third kappa shape index (κ3) is 4.60. The minimum atomic E-state index is -0.125. The molecule has 7 heteroatoms. The van der Waals surface area contributed by atoms with Gasteiger partial charge in [0.05, 0.1) is 24.0 Å². The topological polar surface area (TPSA) is 67.4 Å². The van der Waals surface area contributed by atoms with Crippen molar-refractivity contribution in [3.63, 3.8) is 0 Å². The molecule has 0 aliphatic carbocycles. The molecule has 25 heavy (non-hydrogen) atoms. The minimum Gasteiger partial charge on any atom is -0.458 e. The normalized spacial score (nSPS) is 17.2. The first-order chi connectivity index (χ1) is 12.0. The Kier molecular flexibility index (Phi) is 5.38. The van der Waals surface area contributed by atoms with E-state index in [-0.39, 0.29) is 18.1 Å². The number of aromatic nitrogens is 2. The van der Waals surface area contributed by atoms with E-state index in [0.29, 0.717) is 18.1 Å². The van der Waals surface area contributed by atoms with Gasteiger partial charge in [0.15, 0.2) is 0 Å². The Morgan fingerprint density at radius 2 is 2.04 bits per heavy atom. The van der Waals surface area contributed by atoms with E-state index in [1.165, 1.54) is 18.0 Å². The third-order valence-corrected chi connectivity index (χ3v) is 4.49. The maximum absolute atomic E-state index is 12.5. The fourth-order valence-electron chi connectivity index (χ4n) is 2.75. The van der Waals surface area contributed by atoms with E-state index >= 15 is 0 Å². The highest BCUT2D eigenvalue weighted by Crippen LogP contribution is 2.19. The Hall–Kier alpha value is -2.34. The SMILES string of the molecule is Cc1ccc(NC(=O)N2CCCC(Oc3ncc(Cl)cn3)C2)cc1C. The molecule has 1 unspecified atom stereocenters. The van der Waals surface area contributed by atoms with E-state index in [1.807, 2.05) is 32.0 Å². The van der Waals surface area contributed by atoms with Gasteiger partial charge >= 0.3 is 12.0 Å². The number of anilines is 1. The number of piperidine rings is 1. The molecule has 1 atom stereocenters. The summed E-state index contributed by atoms with van der Waals surface area (Å²) in [6.07, 6.45) is 4.60. The van der Waals surface area contributed by atoms with Crippen LogP contribution in [0.5, 0.6) is 6.01 Å². The zero-order chi connectivity index (χ0) is 17.8. The fourth-order valence-corrected chi connectivity index (χ4v) is 2.85. The fraction of sp³-hybridized carbons (Fsp3) is 0.389. The number of hydrogen-bond acceptors (Lipinski definition) is 4. The van der Waals surface area contributed by atoms with Crippen LogP contribution in [0.3, 0.4) is 0 Å². The van der Waals surface area contributed by atoms with Crippen molar-refractivity contribution in [3.05, 3.63) is 46.7 Å². The van der Waals surface area contributed by atoms with Crippen LogP contribution in [-0.4, -0.2) is 40.1 Å². The van der Waals surface area contributed by atoms with Gasteiger partial charge in [0.25, 0.3) is 0 Å². The number of hydrogen-bond donors (Lipinski definition) is 1. The van der Waals surface area contributed by atoms with Gasteiger partial charge in [-0.15, -0.1) is 0 Å². The lowest BCUT2D eigenvalue weighted by molar-refractivity contribution is 0.0983. The van der Waals surface area contributed by atoms with Crippen LogP contribution >= 0.6 is 11.6 Å².